The molecule has 0 saturated heterocycles. The molecule has 0 aromatic heterocycles. The Labute approximate surface area is 134 Å². The first-order valence-corrected chi connectivity index (χ1v) is 8.57. The van der Waals surface area contributed by atoms with Crippen LogP contribution in [0.25, 0.3) is 0 Å². The van der Waals surface area contributed by atoms with Crippen molar-refractivity contribution >= 4 is 17.4 Å². The van der Waals surface area contributed by atoms with Crippen LogP contribution < -0.4 is 15.5 Å². The minimum atomic E-state index is -0.0782. The second-order valence-corrected chi connectivity index (χ2v) is 6.10. The molecule has 1 fully saturated rings. The van der Waals surface area contributed by atoms with Crippen molar-refractivity contribution in [2.75, 3.05) is 23.3 Å². The third-order valence-electron chi connectivity index (χ3n) is 4.53. The van der Waals surface area contributed by atoms with E-state index < -0.39 is 0 Å². The number of hydrogen-bond acceptors (Lipinski definition) is 2. The highest BCUT2D eigenvalue weighted by atomic mass is 16.2. The first kappa shape index (κ1) is 16.7. The highest BCUT2D eigenvalue weighted by Gasteiger charge is 2.16. The number of carbonyl (C=O) groups excluding carboxylic acids is 1. The largest absolute Gasteiger partial charge is 0.372 e. The molecular formula is C18H29N3O. The van der Waals surface area contributed by atoms with Crippen molar-refractivity contribution in [2.24, 2.45) is 0 Å². The Morgan fingerprint density at radius 3 is 2.45 bits per heavy atom. The normalized spacial score (nSPS) is 15.4. The van der Waals surface area contributed by atoms with Crippen LogP contribution in [0.15, 0.2) is 18.2 Å². The molecule has 1 saturated carbocycles. The summed E-state index contributed by atoms with van der Waals surface area (Å²) in [7, 11) is 0. The van der Waals surface area contributed by atoms with E-state index in [9.17, 15) is 4.79 Å². The van der Waals surface area contributed by atoms with Gasteiger partial charge in [0.15, 0.2) is 0 Å². The van der Waals surface area contributed by atoms with Crippen LogP contribution >= 0.6 is 0 Å². The predicted molar refractivity (Wildman–Crippen MR) is 93.8 cm³/mol. The van der Waals surface area contributed by atoms with E-state index in [1.807, 2.05) is 13.0 Å². The van der Waals surface area contributed by atoms with Crippen LogP contribution in [0.4, 0.5) is 16.2 Å². The number of carbonyl (C=O) groups is 1. The second-order valence-electron chi connectivity index (χ2n) is 6.10. The van der Waals surface area contributed by atoms with Crippen molar-refractivity contribution < 1.29 is 4.79 Å². The van der Waals surface area contributed by atoms with Crippen LogP contribution in [-0.4, -0.2) is 25.2 Å². The van der Waals surface area contributed by atoms with Gasteiger partial charge in [0.2, 0.25) is 0 Å². The van der Waals surface area contributed by atoms with E-state index in [1.165, 1.54) is 24.9 Å². The highest BCUT2D eigenvalue weighted by molar-refractivity contribution is 5.90. The Bertz CT molecular complexity index is 491. The molecule has 0 heterocycles. The van der Waals surface area contributed by atoms with Crippen LogP contribution in [0.5, 0.6) is 0 Å². The standard InChI is InChI=1S/C18H29N3O/c1-4-21(5-2)16-11-12-17(14(3)13-16)20-18(22)19-15-9-7-6-8-10-15/h11-13,15H,4-10H2,1-3H3,(H2,19,20,22). The fourth-order valence-electron chi connectivity index (χ4n) is 3.16. The first-order chi connectivity index (χ1) is 10.6. The number of urea groups is 1. The lowest BCUT2D eigenvalue weighted by Crippen LogP contribution is -2.39. The van der Waals surface area contributed by atoms with Gasteiger partial charge in [0, 0.05) is 30.5 Å². The summed E-state index contributed by atoms with van der Waals surface area (Å²) in [5.41, 5.74) is 3.20. The van der Waals surface area contributed by atoms with Crippen molar-refractivity contribution in [3.63, 3.8) is 0 Å². The average molecular weight is 303 g/mol. The number of amides is 2. The molecule has 0 unspecified atom stereocenters. The van der Waals surface area contributed by atoms with Crippen molar-refractivity contribution in [2.45, 2.75) is 58.9 Å². The molecule has 2 amide bonds. The average Bonchev–Trinajstić information content (AvgIpc) is 2.52. The fraction of sp³-hybridized carbons (Fsp3) is 0.611. The number of rotatable bonds is 5. The van der Waals surface area contributed by atoms with Crippen LogP contribution in [-0.2, 0) is 0 Å². The molecule has 4 nitrogen and oxygen atoms in total. The smallest absolute Gasteiger partial charge is 0.319 e. The predicted octanol–water partition coefficient (Wildman–Crippen LogP) is 4.30. The molecule has 1 aliphatic carbocycles. The van der Waals surface area contributed by atoms with Gasteiger partial charge in [0.25, 0.3) is 0 Å². The summed E-state index contributed by atoms with van der Waals surface area (Å²) in [5, 5.41) is 6.08. The molecule has 0 atom stereocenters. The van der Waals surface area contributed by atoms with Crippen LogP contribution in [0.2, 0.25) is 0 Å². The third-order valence-corrected chi connectivity index (χ3v) is 4.53. The molecule has 1 aliphatic rings. The summed E-state index contributed by atoms with van der Waals surface area (Å²) in [6, 6.07) is 6.48. The monoisotopic (exact) mass is 303 g/mol. The van der Waals surface area contributed by atoms with Gasteiger partial charge in [-0.25, -0.2) is 4.79 Å². The highest BCUT2D eigenvalue weighted by Crippen LogP contribution is 2.23. The minimum absolute atomic E-state index is 0.0782. The summed E-state index contributed by atoms with van der Waals surface area (Å²) in [6.07, 6.45) is 5.96. The maximum absolute atomic E-state index is 12.1. The molecule has 0 radical (unpaired) electrons. The summed E-state index contributed by atoms with van der Waals surface area (Å²) in [5.74, 6) is 0. The SMILES string of the molecule is CCN(CC)c1ccc(NC(=O)NC2CCCCC2)c(C)c1. The number of nitrogens with one attached hydrogen (secondary N) is 2. The fourth-order valence-corrected chi connectivity index (χ4v) is 3.16. The van der Waals surface area contributed by atoms with E-state index in [1.54, 1.807) is 0 Å². The van der Waals surface area contributed by atoms with Crippen molar-refractivity contribution in [3.8, 4) is 0 Å². The Morgan fingerprint density at radius 1 is 1.18 bits per heavy atom. The molecule has 2 rings (SSSR count). The van der Waals surface area contributed by atoms with E-state index in [0.29, 0.717) is 6.04 Å². The van der Waals surface area contributed by atoms with Gasteiger partial charge in [0.1, 0.15) is 0 Å². The van der Waals surface area contributed by atoms with Gasteiger partial charge < -0.3 is 15.5 Å². The molecule has 122 valence electrons. The number of aryl methyl sites for hydroxylation is 1. The topological polar surface area (TPSA) is 44.4 Å². The van der Waals surface area contributed by atoms with Crippen LogP contribution in [0.1, 0.15) is 51.5 Å². The van der Waals surface area contributed by atoms with Gasteiger partial charge in [-0.1, -0.05) is 19.3 Å². The van der Waals surface area contributed by atoms with Gasteiger partial charge in [-0.3, -0.25) is 0 Å². The molecule has 4 heteroatoms. The summed E-state index contributed by atoms with van der Waals surface area (Å²) in [6.45, 7) is 8.34. The maximum Gasteiger partial charge on any atom is 0.319 e. The number of benzene rings is 1. The summed E-state index contributed by atoms with van der Waals surface area (Å²) < 4.78 is 0. The molecule has 0 bridgehead atoms. The zero-order valence-electron chi connectivity index (χ0n) is 14.1. The Morgan fingerprint density at radius 2 is 1.86 bits per heavy atom. The Hall–Kier alpha value is -1.71. The second kappa shape index (κ2) is 8.06. The van der Waals surface area contributed by atoms with E-state index >= 15 is 0 Å². The molecule has 0 aliphatic heterocycles. The first-order valence-electron chi connectivity index (χ1n) is 8.57. The number of nitrogens with zero attached hydrogens (tertiary/aromatic N) is 1. The van der Waals surface area contributed by atoms with E-state index in [2.05, 4.69) is 41.5 Å². The lowest BCUT2D eigenvalue weighted by molar-refractivity contribution is 0.244. The molecule has 2 N–H and O–H groups in total. The van der Waals surface area contributed by atoms with Crippen LogP contribution in [0, 0.1) is 6.92 Å². The lowest BCUT2D eigenvalue weighted by Gasteiger charge is -2.24. The van der Waals surface area contributed by atoms with Gasteiger partial charge in [-0.05, 0) is 57.4 Å². The molecule has 1 aromatic rings. The van der Waals surface area contributed by atoms with Crippen molar-refractivity contribution in [1.82, 2.24) is 5.32 Å². The van der Waals surface area contributed by atoms with Gasteiger partial charge in [-0.15, -0.1) is 0 Å². The van der Waals surface area contributed by atoms with E-state index in [0.717, 1.165) is 37.2 Å². The Balaban J connectivity index is 1.95. The van der Waals surface area contributed by atoms with Gasteiger partial charge in [-0.2, -0.15) is 0 Å². The van der Waals surface area contributed by atoms with Gasteiger partial charge >= 0.3 is 6.03 Å². The zero-order valence-corrected chi connectivity index (χ0v) is 14.1. The Kier molecular flexibility index (Phi) is 6.10. The molecular weight excluding hydrogens is 274 g/mol. The molecule has 22 heavy (non-hydrogen) atoms. The van der Waals surface area contributed by atoms with E-state index in [4.69, 9.17) is 0 Å². The van der Waals surface area contributed by atoms with Crippen LogP contribution in [0.3, 0.4) is 0 Å². The lowest BCUT2D eigenvalue weighted by atomic mass is 9.96. The summed E-state index contributed by atoms with van der Waals surface area (Å²) >= 11 is 0. The maximum atomic E-state index is 12.1. The van der Waals surface area contributed by atoms with E-state index in [-0.39, 0.29) is 6.03 Å². The quantitative estimate of drug-likeness (QED) is 0.852. The molecule has 1 aromatic carbocycles. The number of anilines is 2. The zero-order chi connectivity index (χ0) is 15.9. The minimum Gasteiger partial charge on any atom is -0.372 e. The third kappa shape index (κ3) is 4.39. The van der Waals surface area contributed by atoms with Crippen molar-refractivity contribution in [3.05, 3.63) is 23.8 Å². The summed E-state index contributed by atoms with van der Waals surface area (Å²) in [4.78, 5) is 14.4. The van der Waals surface area contributed by atoms with Crippen molar-refractivity contribution in [1.29, 1.82) is 0 Å². The number of hydrogen-bond donors (Lipinski definition) is 2. The molecule has 0 spiro atoms. The van der Waals surface area contributed by atoms with Gasteiger partial charge in [0.05, 0.1) is 0 Å².